The largest absolute Gasteiger partial charge is 0.481 e. The van der Waals surface area contributed by atoms with Gasteiger partial charge in [-0.05, 0) is 32.3 Å². The number of carbonyl (C=O) groups is 2. The van der Waals surface area contributed by atoms with Crippen LogP contribution in [0.1, 0.15) is 22.5 Å². The highest BCUT2D eigenvalue weighted by atomic mass is 16.5. The number of methoxy groups -OCH3 is 1. The second-order valence-corrected chi connectivity index (χ2v) is 7.26. The zero-order valence-electron chi connectivity index (χ0n) is 17.5. The average Bonchev–Trinajstić information content (AvgIpc) is 3.15. The van der Waals surface area contributed by atoms with Crippen LogP contribution in [0.2, 0.25) is 0 Å². The number of aldehydes is 1. The number of amides is 1. The fraction of sp³-hybridized carbons (Fsp3) is 0.273. The number of benzene rings is 1. The molecule has 0 unspecified atom stereocenters. The fourth-order valence-corrected chi connectivity index (χ4v) is 2.92. The van der Waals surface area contributed by atoms with Crippen molar-refractivity contribution in [3.63, 3.8) is 0 Å². The zero-order chi connectivity index (χ0) is 22.6. The number of hydrogen-bond acceptors (Lipinski definition) is 7. The molecule has 0 saturated carbocycles. The van der Waals surface area contributed by atoms with Crippen molar-refractivity contribution in [3.8, 4) is 23.4 Å². The van der Waals surface area contributed by atoms with Gasteiger partial charge in [0.2, 0.25) is 5.88 Å². The lowest BCUT2D eigenvalue weighted by atomic mass is 10.0. The average molecular weight is 421 g/mol. The quantitative estimate of drug-likeness (QED) is 0.426. The van der Waals surface area contributed by atoms with E-state index in [1.807, 2.05) is 19.0 Å². The number of hydrogen-bond donors (Lipinski definition) is 2. The second-order valence-electron chi connectivity index (χ2n) is 7.26. The van der Waals surface area contributed by atoms with Gasteiger partial charge >= 0.3 is 0 Å². The number of ether oxygens (including phenoxy) is 1. The first-order valence-electron chi connectivity index (χ1n) is 9.46. The Morgan fingerprint density at radius 1 is 1.39 bits per heavy atom. The predicted octanol–water partition coefficient (Wildman–Crippen LogP) is 0.761. The molecule has 9 heteroatoms. The highest BCUT2D eigenvalue weighted by molar-refractivity contribution is 6.04. The molecule has 9 nitrogen and oxygen atoms in total. The molecule has 0 radical (unpaired) electrons. The van der Waals surface area contributed by atoms with E-state index in [1.165, 1.54) is 13.3 Å². The van der Waals surface area contributed by atoms with Crippen molar-refractivity contribution in [2.75, 3.05) is 27.7 Å². The van der Waals surface area contributed by atoms with Crippen LogP contribution in [0.25, 0.3) is 16.6 Å². The van der Waals surface area contributed by atoms with E-state index >= 15 is 0 Å². The number of primary amides is 1. The van der Waals surface area contributed by atoms with Gasteiger partial charge in [-0.25, -0.2) is 9.67 Å². The second kappa shape index (κ2) is 8.95. The van der Waals surface area contributed by atoms with Gasteiger partial charge in [0.25, 0.3) is 5.91 Å². The smallest absolute Gasteiger partial charge is 0.269 e. The molecule has 0 fully saturated rings. The lowest BCUT2D eigenvalue weighted by Gasteiger charge is -2.17. The molecule has 1 amide bonds. The Balaban J connectivity index is 2.04. The van der Waals surface area contributed by atoms with E-state index in [-0.39, 0.29) is 12.1 Å². The summed E-state index contributed by atoms with van der Waals surface area (Å²) in [7, 11) is 5.19. The minimum atomic E-state index is -1.74. The molecule has 0 bridgehead atoms. The van der Waals surface area contributed by atoms with E-state index in [9.17, 15) is 14.7 Å². The molecule has 0 aliphatic rings. The molecule has 1 aromatic carbocycles. The van der Waals surface area contributed by atoms with E-state index in [0.717, 1.165) is 0 Å². The molecule has 2 aromatic heterocycles. The van der Waals surface area contributed by atoms with E-state index in [4.69, 9.17) is 10.5 Å². The molecule has 0 aliphatic carbocycles. The van der Waals surface area contributed by atoms with Crippen molar-refractivity contribution in [2.24, 2.45) is 5.73 Å². The molecule has 3 rings (SSSR count). The summed E-state index contributed by atoms with van der Waals surface area (Å²) >= 11 is 0. The van der Waals surface area contributed by atoms with E-state index in [1.54, 1.807) is 35.0 Å². The Labute approximate surface area is 179 Å². The number of nitrogens with zero attached hydrogens (tertiary/aromatic N) is 4. The van der Waals surface area contributed by atoms with Crippen LogP contribution in [0.5, 0.6) is 5.88 Å². The fourth-order valence-electron chi connectivity index (χ4n) is 2.92. The molecular formula is C22H23N5O4. The molecule has 1 atom stereocenters. The molecule has 160 valence electrons. The first kappa shape index (κ1) is 22.0. The molecule has 0 spiro atoms. The Bertz CT molecular complexity index is 1190. The van der Waals surface area contributed by atoms with Crippen molar-refractivity contribution in [1.29, 1.82) is 0 Å². The Kier molecular flexibility index (Phi) is 6.34. The standard InChI is InChI=1S/C22H23N5O4/c1-26(2)10-9-22(30,14-28)8-7-15-5-4-6-16(11-15)27-18-12-19(31-3)24-13-17(18)20(25-27)21(23)29/h4-6,11-14,30H,9-10H2,1-3H3,(H2,23,29)/t22-/m0/s1. The van der Waals surface area contributed by atoms with Gasteiger partial charge < -0.3 is 20.5 Å². The minimum absolute atomic E-state index is 0.0839. The Morgan fingerprint density at radius 2 is 2.16 bits per heavy atom. The van der Waals surface area contributed by atoms with E-state index in [2.05, 4.69) is 21.9 Å². The van der Waals surface area contributed by atoms with Crippen molar-refractivity contribution < 1.29 is 19.4 Å². The summed E-state index contributed by atoms with van der Waals surface area (Å²) in [5.41, 5.74) is 5.58. The molecule has 0 saturated heterocycles. The van der Waals surface area contributed by atoms with Crippen LogP contribution < -0.4 is 10.5 Å². The third kappa shape index (κ3) is 4.88. The minimum Gasteiger partial charge on any atom is -0.481 e. The van der Waals surface area contributed by atoms with Gasteiger partial charge in [0, 0.05) is 30.8 Å². The number of fused-ring (bicyclic) bond motifs is 1. The zero-order valence-corrected chi connectivity index (χ0v) is 17.5. The Morgan fingerprint density at radius 3 is 2.81 bits per heavy atom. The normalized spacial score (nSPS) is 12.8. The van der Waals surface area contributed by atoms with Crippen molar-refractivity contribution in [2.45, 2.75) is 12.0 Å². The highest BCUT2D eigenvalue weighted by Crippen LogP contribution is 2.25. The van der Waals surface area contributed by atoms with Gasteiger partial charge in [-0.15, -0.1) is 0 Å². The van der Waals surface area contributed by atoms with Crippen LogP contribution >= 0.6 is 0 Å². The van der Waals surface area contributed by atoms with Crippen molar-refractivity contribution in [3.05, 3.63) is 47.8 Å². The van der Waals surface area contributed by atoms with Gasteiger partial charge in [-0.3, -0.25) is 9.59 Å². The molecule has 31 heavy (non-hydrogen) atoms. The third-order valence-corrected chi connectivity index (χ3v) is 4.63. The molecule has 0 aliphatic heterocycles. The predicted molar refractivity (Wildman–Crippen MR) is 115 cm³/mol. The summed E-state index contributed by atoms with van der Waals surface area (Å²) in [6, 6.07) is 8.67. The van der Waals surface area contributed by atoms with Crippen molar-refractivity contribution >= 4 is 23.1 Å². The maximum atomic E-state index is 11.8. The van der Waals surface area contributed by atoms with Crippen LogP contribution in [0.3, 0.4) is 0 Å². The summed E-state index contributed by atoms with van der Waals surface area (Å²) in [4.78, 5) is 29.2. The number of nitrogens with two attached hydrogens (primary N) is 1. The molecule has 3 aromatic rings. The summed E-state index contributed by atoms with van der Waals surface area (Å²) < 4.78 is 6.72. The number of rotatable bonds is 7. The topological polar surface area (TPSA) is 124 Å². The molecular weight excluding hydrogens is 398 g/mol. The van der Waals surface area contributed by atoms with E-state index < -0.39 is 11.5 Å². The van der Waals surface area contributed by atoms with Gasteiger partial charge in [0.1, 0.15) is 0 Å². The lowest BCUT2D eigenvalue weighted by Crippen LogP contribution is -2.33. The van der Waals surface area contributed by atoms with Crippen LogP contribution in [0.15, 0.2) is 36.5 Å². The van der Waals surface area contributed by atoms with E-state index in [0.29, 0.717) is 40.9 Å². The van der Waals surface area contributed by atoms with Gasteiger partial charge in [0.05, 0.1) is 23.7 Å². The third-order valence-electron chi connectivity index (χ3n) is 4.63. The van der Waals surface area contributed by atoms with Crippen LogP contribution in [0, 0.1) is 11.8 Å². The summed E-state index contributed by atoms with van der Waals surface area (Å²) in [5, 5.41) is 15.2. The Hall–Kier alpha value is -3.74. The van der Waals surface area contributed by atoms with Crippen LogP contribution in [0.4, 0.5) is 0 Å². The number of aromatic nitrogens is 3. The van der Waals surface area contributed by atoms with Gasteiger partial charge in [0.15, 0.2) is 17.6 Å². The number of aliphatic hydroxyl groups is 1. The summed E-state index contributed by atoms with van der Waals surface area (Å²) in [5.74, 6) is 5.18. The molecule has 3 N–H and O–H groups in total. The highest BCUT2D eigenvalue weighted by Gasteiger charge is 2.23. The number of carbonyl (C=O) groups excluding carboxylic acids is 2. The van der Waals surface area contributed by atoms with Crippen LogP contribution in [-0.2, 0) is 4.79 Å². The summed E-state index contributed by atoms with van der Waals surface area (Å²) in [6.07, 6.45) is 2.12. The van der Waals surface area contributed by atoms with Crippen molar-refractivity contribution in [1.82, 2.24) is 19.7 Å². The summed E-state index contributed by atoms with van der Waals surface area (Å²) in [6.45, 7) is 0.509. The van der Waals surface area contributed by atoms with Gasteiger partial charge in [-0.2, -0.15) is 5.10 Å². The first-order chi connectivity index (χ1) is 14.8. The maximum Gasteiger partial charge on any atom is 0.269 e. The first-order valence-corrected chi connectivity index (χ1v) is 9.46. The van der Waals surface area contributed by atoms with Gasteiger partial charge in [-0.1, -0.05) is 17.9 Å². The monoisotopic (exact) mass is 421 g/mol. The SMILES string of the molecule is COc1cc2c(cn1)c(C(N)=O)nn2-c1cccc(C#C[C@@](O)(C=O)CCN(C)C)c1. The van der Waals surface area contributed by atoms with Crippen LogP contribution in [-0.4, -0.2) is 70.3 Å². The maximum absolute atomic E-state index is 11.8. The lowest BCUT2D eigenvalue weighted by molar-refractivity contribution is -0.119. The number of pyridine rings is 1. The molecule has 2 heterocycles.